The number of carbonyl (C=O) groups excluding carboxylic acids is 1. The Labute approximate surface area is 121 Å². The average Bonchev–Trinajstić information content (AvgIpc) is 2.46. The quantitative estimate of drug-likeness (QED) is 0.829. The standard InChI is InChI=1S/C16H25NO3/c1-5-6-11-14(20-16(18)17-3)15(19-4)13-10-8-7-9-12(13)2/h7-10,14-15H,5-6,11H2,1-4H3,(H,17,18). The molecular formula is C16H25NO3. The van der Waals surface area contributed by atoms with Crippen molar-refractivity contribution in [2.75, 3.05) is 14.2 Å². The minimum absolute atomic E-state index is 0.236. The Morgan fingerprint density at radius 1 is 1.35 bits per heavy atom. The average molecular weight is 279 g/mol. The molecule has 0 spiro atoms. The minimum atomic E-state index is -0.415. The predicted octanol–water partition coefficient (Wildman–Crippen LogP) is 3.60. The largest absolute Gasteiger partial charge is 0.443 e. The molecule has 20 heavy (non-hydrogen) atoms. The van der Waals surface area contributed by atoms with Crippen LogP contribution in [-0.4, -0.2) is 26.4 Å². The zero-order valence-corrected chi connectivity index (χ0v) is 12.8. The van der Waals surface area contributed by atoms with Crippen LogP contribution in [0.2, 0.25) is 0 Å². The second kappa shape index (κ2) is 8.59. The van der Waals surface area contributed by atoms with Crippen molar-refractivity contribution in [1.29, 1.82) is 0 Å². The van der Waals surface area contributed by atoms with Crippen molar-refractivity contribution in [1.82, 2.24) is 5.32 Å². The maximum absolute atomic E-state index is 11.5. The highest BCUT2D eigenvalue weighted by Crippen LogP contribution is 2.28. The summed E-state index contributed by atoms with van der Waals surface area (Å²) < 4.78 is 11.1. The first-order valence-electron chi connectivity index (χ1n) is 7.10. The van der Waals surface area contributed by atoms with Gasteiger partial charge in [-0.3, -0.25) is 0 Å². The van der Waals surface area contributed by atoms with E-state index in [9.17, 15) is 4.79 Å². The Morgan fingerprint density at radius 3 is 2.60 bits per heavy atom. The van der Waals surface area contributed by atoms with E-state index in [-0.39, 0.29) is 12.2 Å². The fraction of sp³-hybridized carbons (Fsp3) is 0.562. The van der Waals surface area contributed by atoms with Crippen molar-refractivity contribution in [3.63, 3.8) is 0 Å². The number of rotatable bonds is 7. The van der Waals surface area contributed by atoms with Gasteiger partial charge in [-0.1, -0.05) is 37.6 Å². The number of ether oxygens (including phenoxy) is 2. The van der Waals surface area contributed by atoms with Gasteiger partial charge in [-0.05, 0) is 30.9 Å². The van der Waals surface area contributed by atoms with Crippen molar-refractivity contribution >= 4 is 6.09 Å². The number of hydrogen-bond acceptors (Lipinski definition) is 3. The molecule has 1 amide bonds. The lowest BCUT2D eigenvalue weighted by Gasteiger charge is -2.27. The van der Waals surface area contributed by atoms with Crippen LogP contribution in [0.1, 0.15) is 43.4 Å². The molecule has 0 aliphatic heterocycles. The maximum Gasteiger partial charge on any atom is 0.407 e. The topological polar surface area (TPSA) is 47.6 Å². The highest BCUT2D eigenvalue weighted by Gasteiger charge is 2.27. The molecule has 0 heterocycles. The molecule has 0 bridgehead atoms. The first-order valence-corrected chi connectivity index (χ1v) is 7.10. The molecule has 0 aliphatic carbocycles. The maximum atomic E-state index is 11.5. The van der Waals surface area contributed by atoms with Gasteiger partial charge in [-0.15, -0.1) is 0 Å². The number of benzene rings is 1. The molecule has 0 aromatic heterocycles. The van der Waals surface area contributed by atoms with Crippen LogP contribution in [0.3, 0.4) is 0 Å². The van der Waals surface area contributed by atoms with Crippen molar-refractivity contribution < 1.29 is 14.3 Å². The lowest BCUT2D eigenvalue weighted by Crippen LogP contribution is -2.31. The van der Waals surface area contributed by atoms with Gasteiger partial charge in [-0.25, -0.2) is 4.79 Å². The fourth-order valence-corrected chi connectivity index (χ4v) is 2.26. The molecule has 2 unspecified atom stereocenters. The molecule has 0 saturated carbocycles. The molecule has 4 nitrogen and oxygen atoms in total. The van der Waals surface area contributed by atoms with Gasteiger partial charge in [0.15, 0.2) is 0 Å². The molecular weight excluding hydrogens is 254 g/mol. The molecule has 1 aromatic carbocycles. The van der Waals surface area contributed by atoms with E-state index in [1.807, 2.05) is 31.2 Å². The molecule has 1 rings (SSSR count). The molecule has 1 N–H and O–H groups in total. The Hall–Kier alpha value is -1.55. The highest BCUT2D eigenvalue weighted by atomic mass is 16.6. The number of unbranched alkanes of at least 4 members (excludes halogenated alkanes) is 1. The molecule has 4 heteroatoms. The lowest BCUT2D eigenvalue weighted by atomic mass is 9.96. The second-order valence-corrected chi connectivity index (χ2v) is 4.85. The van der Waals surface area contributed by atoms with Crippen molar-refractivity contribution in [2.45, 2.75) is 45.3 Å². The Kier molecular flexibility index (Phi) is 7.09. The van der Waals surface area contributed by atoms with Gasteiger partial charge in [-0.2, -0.15) is 0 Å². The van der Waals surface area contributed by atoms with E-state index in [4.69, 9.17) is 9.47 Å². The molecule has 1 aromatic rings. The van der Waals surface area contributed by atoms with Crippen LogP contribution in [0.15, 0.2) is 24.3 Å². The SMILES string of the molecule is CCCCC(OC(=O)NC)C(OC)c1ccccc1C. The zero-order chi connectivity index (χ0) is 15.0. The summed E-state index contributed by atoms with van der Waals surface area (Å²) in [6.07, 6.45) is 1.91. The summed E-state index contributed by atoms with van der Waals surface area (Å²) in [4.78, 5) is 11.5. The van der Waals surface area contributed by atoms with Crippen LogP contribution in [0.5, 0.6) is 0 Å². The first kappa shape index (κ1) is 16.5. The van der Waals surface area contributed by atoms with Crippen LogP contribution >= 0.6 is 0 Å². The number of carbonyl (C=O) groups is 1. The van der Waals surface area contributed by atoms with E-state index in [0.717, 1.165) is 30.4 Å². The summed E-state index contributed by atoms with van der Waals surface area (Å²) in [6.45, 7) is 4.16. The molecule has 0 saturated heterocycles. The summed E-state index contributed by atoms with van der Waals surface area (Å²) in [5.41, 5.74) is 2.21. The van der Waals surface area contributed by atoms with Gasteiger partial charge in [0, 0.05) is 14.2 Å². The van der Waals surface area contributed by atoms with Crippen LogP contribution in [-0.2, 0) is 9.47 Å². The van der Waals surface area contributed by atoms with Crippen molar-refractivity contribution in [3.8, 4) is 0 Å². The van der Waals surface area contributed by atoms with Gasteiger partial charge in [0.2, 0.25) is 0 Å². The third-order valence-electron chi connectivity index (χ3n) is 3.39. The molecule has 0 fully saturated rings. The molecule has 2 atom stereocenters. The third-order valence-corrected chi connectivity index (χ3v) is 3.39. The number of alkyl carbamates (subject to hydrolysis) is 1. The van der Waals surface area contributed by atoms with E-state index >= 15 is 0 Å². The number of nitrogens with one attached hydrogen (secondary N) is 1. The van der Waals surface area contributed by atoms with Crippen LogP contribution in [0.4, 0.5) is 4.79 Å². The first-order chi connectivity index (χ1) is 9.63. The van der Waals surface area contributed by atoms with E-state index in [1.54, 1.807) is 14.2 Å². The highest BCUT2D eigenvalue weighted by molar-refractivity contribution is 5.67. The van der Waals surface area contributed by atoms with Gasteiger partial charge in [0.25, 0.3) is 0 Å². The summed E-state index contributed by atoms with van der Waals surface area (Å²) >= 11 is 0. The van der Waals surface area contributed by atoms with Crippen LogP contribution < -0.4 is 5.32 Å². The zero-order valence-electron chi connectivity index (χ0n) is 12.8. The fourth-order valence-electron chi connectivity index (χ4n) is 2.26. The van der Waals surface area contributed by atoms with Crippen LogP contribution in [0, 0.1) is 6.92 Å². The van der Waals surface area contributed by atoms with Crippen molar-refractivity contribution in [3.05, 3.63) is 35.4 Å². The Balaban J connectivity index is 2.94. The number of hydrogen-bond donors (Lipinski definition) is 1. The van der Waals surface area contributed by atoms with Gasteiger partial charge in [0.1, 0.15) is 12.2 Å². The van der Waals surface area contributed by atoms with Gasteiger partial charge >= 0.3 is 6.09 Å². The van der Waals surface area contributed by atoms with E-state index in [2.05, 4.69) is 12.2 Å². The summed E-state index contributed by atoms with van der Waals surface area (Å²) in [5.74, 6) is 0. The third kappa shape index (κ3) is 4.53. The Bertz CT molecular complexity index is 420. The van der Waals surface area contributed by atoms with Crippen molar-refractivity contribution in [2.24, 2.45) is 0 Å². The molecule has 0 radical (unpaired) electrons. The predicted molar refractivity (Wildman–Crippen MR) is 79.8 cm³/mol. The lowest BCUT2D eigenvalue weighted by molar-refractivity contribution is -0.0281. The summed E-state index contributed by atoms with van der Waals surface area (Å²) in [5, 5.41) is 2.50. The van der Waals surface area contributed by atoms with Gasteiger partial charge < -0.3 is 14.8 Å². The monoisotopic (exact) mass is 279 g/mol. The number of aryl methyl sites for hydroxylation is 1. The Morgan fingerprint density at radius 2 is 2.05 bits per heavy atom. The molecule has 0 aliphatic rings. The number of methoxy groups -OCH3 is 1. The van der Waals surface area contributed by atoms with Crippen LogP contribution in [0.25, 0.3) is 0 Å². The minimum Gasteiger partial charge on any atom is -0.443 e. The van der Waals surface area contributed by atoms with E-state index < -0.39 is 6.09 Å². The van der Waals surface area contributed by atoms with E-state index in [0.29, 0.717) is 0 Å². The molecule has 112 valence electrons. The smallest absolute Gasteiger partial charge is 0.407 e. The summed E-state index contributed by atoms with van der Waals surface area (Å²) in [7, 11) is 3.22. The van der Waals surface area contributed by atoms with E-state index in [1.165, 1.54) is 0 Å². The number of amides is 1. The summed E-state index contributed by atoms with van der Waals surface area (Å²) in [6, 6.07) is 8.03. The van der Waals surface area contributed by atoms with Gasteiger partial charge in [0.05, 0.1) is 0 Å². The normalized spacial score (nSPS) is 13.6. The second-order valence-electron chi connectivity index (χ2n) is 4.85.